The first kappa shape index (κ1) is 20.6. The molecule has 144 valence electrons. The summed E-state index contributed by atoms with van der Waals surface area (Å²) in [5, 5.41) is 12.5. The van der Waals surface area contributed by atoms with Crippen molar-refractivity contribution in [2.75, 3.05) is 5.32 Å². The zero-order valence-corrected chi connectivity index (χ0v) is 18.0. The Bertz CT molecular complexity index is 1130. The molecule has 0 bridgehead atoms. The first-order chi connectivity index (χ1) is 14.0. The topological polar surface area (TPSA) is 52.9 Å². The molecule has 1 N–H and O–H groups in total. The van der Waals surface area contributed by atoms with Crippen molar-refractivity contribution in [1.29, 1.82) is 5.26 Å². The van der Waals surface area contributed by atoms with Crippen LogP contribution in [0, 0.1) is 25.2 Å². The molecule has 0 atom stereocenters. The van der Waals surface area contributed by atoms with E-state index in [0.717, 1.165) is 38.0 Å². The predicted octanol–water partition coefficient (Wildman–Crippen LogP) is 6.20. The summed E-state index contributed by atoms with van der Waals surface area (Å²) in [6.07, 6.45) is 2.36. The van der Waals surface area contributed by atoms with Gasteiger partial charge < -0.3 is 5.32 Å². The summed E-state index contributed by atoms with van der Waals surface area (Å²) < 4.78 is 1.03. The molecule has 0 unspecified atom stereocenters. The third-order valence-electron chi connectivity index (χ3n) is 4.91. The Hall–Kier alpha value is -3.16. The standard InChI is InChI=1S/C25H21BrN2O/c1-17-8-7-13-24(18(17)2)28-25(29)22(16-27)15-20-10-4-3-9-19(20)14-21-11-5-6-12-23(21)26/h3-13,15H,14H2,1-2H3,(H,28,29)/b22-15+. The molecule has 0 fully saturated rings. The molecule has 3 aromatic carbocycles. The predicted molar refractivity (Wildman–Crippen MR) is 122 cm³/mol. The number of rotatable bonds is 5. The van der Waals surface area contributed by atoms with Gasteiger partial charge in [-0.15, -0.1) is 0 Å². The summed E-state index contributed by atoms with van der Waals surface area (Å²) in [4.78, 5) is 12.7. The van der Waals surface area contributed by atoms with E-state index in [0.29, 0.717) is 6.42 Å². The Balaban J connectivity index is 1.90. The molecule has 0 aliphatic carbocycles. The third-order valence-corrected chi connectivity index (χ3v) is 5.69. The molecule has 0 spiro atoms. The van der Waals surface area contributed by atoms with Crippen LogP contribution in [0.15, 0.2) is 76.8 Å². The molecule has 3 aromatic rings. The number of nitriles is 1. The molecule has 0 saturated carbocycles. The van der Waals surface area contributed by atoms with Crippen LogP contribution >= 0.6 is 15.9 Å². The zero-order valence-electron chi connectivity index (χ0n) is 16.4. The summed E-state index contributed by atoms with van der Waals surface area (Å²) in [6.45, 7) is 3.94. The number of hydrogen-bond donors (Lipinski definition) is 1. The second-order valence-corrected chi connectivity index (χ2v) is 7.69. The molecular weight excluding hydrogens is 424 g/mol. The maximum atomic E-state index is 12.7. The average Bonchev–Trinajstić information content (AvgIpc) is 2.72. The summed E-state index contributed by atoms with van der Waals surface area (Å²) in [5.41, 5.74) is 5.92. The van der Waals surface area contributed by atoms with Crippen molar-refractivity contribution in [3.8, 4) is 6.07 Å². The normalized spacial score (nSPS) is 11.0. The van der Waals surface area contributed by atoms with Crippen LogP contribution in [0.1, 0.15) is 27.8 Å². The van der Waals surface area contributed by atoms with E-state index in [-0.39, 0.29) is 5.57 Å². The van der Waals surface area contributed by atoms with Gasteiger partial charge in [-0.2, -0.15) is 5.26 Å². The van der Waals surface area contributed by atoms with Gasteiger partial charge in [0.1, 0.15) is 11.6 Å². The molecule has 4 heteroatoms. The summed E-state index contributed by atoms with van der Waals surface area (Å²) in [7, 11) is 0. The lowest BCUT2D eigenvalue weighted by Crippen LogP contribution is -2.14. The van der Waals surface area contributed by atoms with Crippen LogP contribution in [-0.4, -0.2) is 5.91 Å². The van der Waals surface area contributed by atoms with Crippen LogP contribution in [-0.2, 0) is 11.2 Å². The van der Waals surface area contributed by atoms with Gasteiger partial charge in [0.05, 0.1) is 0 Å². The number of nitrogens with one attached hydrogen (secondary N) is 1. The molecule has 29 heavy (non-hydrogen) atoms. The van der Waals surface area contributed by atoms with Crippen LogP contribution < -0.4 is 5.32 Å². The highest BCUT2D eigenvalue weighted by atomic mass is 79.9. The summed E-state index contributed by atoms with van der Waals surface area (Å²) >= 11 is 3.58. The number of benzene rings is 3. The number of anilines is 1. The second kappa shape index (κ2) is 9.36. The van der Waals surface area contributed by atoms with Gasteiger partial charge in [0.15, 0.2) is 0 Å². The van der Waals surface area contributed by atoms with Crippen LogP contribution in [0.2, 0.25) is 0 Å². The van der Waals surface area contributed by atoms with Crippen molar-refractivity contribution in [3.63, 3.8) is 0 Å². The van der Waals surface area contributed by atoms with Crippen LogP contribution in [0.3, 0.4) is 0 Å². The maximum Gasteiger partial charge on any atom is 0.266 e. The lowest BCUT2D eigenvalue weighted by atomic mass is 9.98. The van der Waals surface area contributed by atoms with Crippen molar-refractivity contribution in [3.05, 3.63) is 105 Å². The zero-order chi connectivity index (χ0) is 20.8. The molecule has 3 rings (SSSR count). The fraction of sp³-hybridized carbons (Fsp3) is 0.120. The van der Waals surface area contributed by atoms with Gasteiger partial charge >= 0.3 is 0 Å². The van der Waals surface area contributed by atoms with E-state index in [4.69, 9.17) is 0 Å². The monoisotopic (exact) mass is 444 g/mol. The van der Waals surface area contributed by atoms with Crippen LogP contribution in [0.25, 0.3) is 6.08 Å². The van der Waals surface area contributed by atoms with Crippen molar-refractivity contribution in [2.45, 2.75) is 20.3 Å². The molecule has 0 aliphatic rings. The van der Waals surface area contributed by atoms with Gasteiger partial charge in [-0.1, -0.05) is 70.5 Å². The number of nitrogens with zero attached hydrogens (tertiary/aromatic N) is 1. The lowest BCUT2D eigenvalue weighted by molar-refractivity contribution is -0.112. The molecule has 0 heterocycles. The quantitative estimate of drug-likeness (QED) is 0.375. The number of halogens is 1. The van der Waals surface area contributed by atoms with E-state index in [1.165, 1.54) is 0 Å². The fourth-order valence-electron chi connectivity index (χ4n) is 3.06. The van der Waals surface area contributed by atoms with Crippen LogP contribution in [0.4, 0.5) is 5.69 Å². The van der Waals surface area contributed by atoms with E-state index < -0.39 is 5.91 Å². The van der Waals surface area contributed by atoms with Crippen molar-refractivity contribution in [2.24, 2.45) is 0 Å². The number of carbonyl (C=O) groups excluding carboxylic acids is 1. The lowest BCUT2D eigenvalue weighted by Gasteiger charge is -2.11. The molecule has 1 amide bonds. The Kier molecular flexibility index (Phi) is 6.64. The minimum atomic E-state index is -0.406. The van der Waals surface area contributed by atoms with Gasteiger partial charge in [-0.3, -0.25) is 4.79 Å². The van der Waals surface area contributed by atoms with Gasteiger partial charge in [0.25, 0.3) is 5.91 Å². The summed E-state index contributed by atoms with van der Waals surface area (Å²) in [6, 6.07) is 23.6. The molecule has 0 aliphatic heterocycles. The first-order valence-corrected chi connectivity index (χ1v) is 10.1. The number of carbonyl (C=O) groups is 1. The van der Waals surface area contributed by atoms with E-state index >= 15 is 0 Å². The Morgan fingerprint density at radius 3 is 2.41 bits per heavy atom. The SMILES string of the molecule is Cc1cccc(NC(=O)/C(C#N)=C/c2ccccc2Cc2ccccc2Br)c1C. The Labute approximate surface area is 179 Å². The van der Waals surface area contributed by atoms with Crippen molar-refractivity contribution < 1.29 is 4.79 Å². The van der Waals surface area contributed by atoms with Crippen molar-refractivity contribution in [1.82, 2.24) is 0 Å². The molecule has 0 saturated heterocycles. The van der Waals surface area contributed by atoms with E-state index in [1.807, 2.05) is 80.6 Å². The van der Waals surface area contributed by atoms with Gasteiger partial charge in [0, 0.05) is 10.2 Å². The number of amides is 1. The molecule has 0 aromatic heterocycles. The van der Waals surface area contributed by atoms with Gasteiger partial charge in [-0.05, 0) is 66.3 Å². The Morgan fingerprint density at radius 1 is 1.00 bits per heavy atom. The van der Waals surface area contributed by atoms with E-state index in [2.05, 4.69) is 27.3 Å². The third kappa shape index (κ3) is 5.01. The highest BCUT2D eigenvalue weighted by molar-refractivity contribution is 9.10. The molecular formula is C25H21BrN2O. The van der Waals surface area contributed by atoms with E-state index in [1.54, 1.807) is 6.08 Å². The minimum absolute atomic E-state index is 0.0745. The maximum absolute atomic E-state index is 12.7. The number of hydrogen-bond acceptors (Lipinski definition) is 2. The number of aryl methyl sites for hydroxylation is 1. The van der Waals surface area contributed by atoms with Gasteiger partial charge in [-0.25, -0.2) is 0 Å². The Morgan fingerprint density at radius 2 is 1.69 bits per heavy atom. The van der Waals surface area contributed by atoms with Crippen LogP contribution in [0.5, 0.6) is 0 Å². The highest BCUT2D eigenvalue weighted by Crippen LogP contribution is 2.23. The second-order valence-electron chi connectivity index (χ2n) is 6.84. The van der Waals surface area contributed by atoms with Crippen molar-refractivity contribution >= 4 is 33.6 Å². The minimum Gasteiger partial charge on any atom is -0.321 e. The molecule has 3 nitrogen and oxygen atoms in total. The largest absolute Gasteiger partial charge is 0.321 e. The van der Waals surface area contributed by atoms with Gasteiger partial charge in [0.2, 0.25) is 0 Å². The average molecular weight is 445 g/mol. The first-order valence-electron chi connectivity index (χ1n) is 9.30. The van der Waals surface area contributed by atoms with E-state index in [9.17, 15) is 10.1 Å². The summed E-state index contributed by atoms with van der Waals surface area (Å²) in [5.74, 6) is -0.406. The molecule has 0 radical (unpaired) electrons. The fourth-order valence-corrected chi connectivity index (χ4v) is 3.49. The smallest absolute Gasteiger partial charge is 0.266 e. The highest BCUT2D eigenvalue weighted by Gasteiger charge is 2.13.